The molecule has 0 amide bonds. The van der Waals surface area contributed by atoms with Gasteiger partial charge in [-0.3, -0.25) is 0 Å². The molecule has 1 radical (unpaired) electrons. The van der Waals surface area contributed by atoms with Crippen molar-refractivity contribution < 1.29 is 80.1 Å². The quantitative estimate of drug-likeness (QED) is 0.241. The predicted molar refractivity (Wildman–Crippen MR) is 21.8 cm³/mol. The zero-order chi connectivity index (χ0) is 7.15. The van der Waals surface area contributed by atoms with Crippen LogP contribution < -0.4 is 51.4 Å². The van der Waals surface area contributed by atoms with Gasteiger partial charge in [-0.05, 0) is 0 Å². The molecule has 10 heavy (non-hydrogen) atoms. The molecular formula is HCuKN2O6. The molecule has 0 aliphatic heterocycles. The first-order valence-corrected chi connectivity index (χ1v) is 1.10. The van der Waals surface area contributed by atoms with Crippen molar-refractivity contribution in [3.05, 3.63) is 30.6 Å². The van der Waals surface area contributed by atoms with Crippen LogP contribution >= 0.6 is 0 Å². The number of nitrogens with zero attached hydrogens (tertiary/aromatic N) is 2. The minimum atomic E-state index is -1.75. The van der Waals surface area contributed by atoms with Crippen LogP contribution in [0, 0.1) is 30.6 Å². The van der Waals surface area contributed by atoms with E-state index in [1.54, 1.807) is 0 Å². The smallest absolute Gasteiger partial charge is 1.00 e. The minimum absolute atomic E-state index is 0. The fourth-order valence-corrected chi connectivity index (χ4v) is 0. The molecule has 0 fully saturated rings. The van der Waals surface area contributed by atoms with E-state index in [-0.39, 0.29) is 69.9 Å². The van der Waals surface area contributed by atoms with Gasteiger partial charge in [0.25, 0.3) is 0 Å². The van der Waals surface area contributed by atoms with Crippen LogP contribution in [0.2, 0.25) is 0 Å². The van der Waals surface area contributed by atoms with Crippen LogP contribution in [0.25, 0.3) is 0 Å². The second-order valence-corrected chi connectivity index (χ2v) is 0.447. The van der Waals surface area contributed by atoms with E-state index in [2.05, 4.69) is 0 Å². The first kappa shape index (κ1) is 22.4. The van der Waals surface area contributed by atoms with Gasteiger partial charge in [0.05, 0.1) is 10.2 Å². The van der Waals surface area contributed by atoms with Crippen LogP contribution in [0.4, 0.5) is 0 Å². The standard InChI is InChI=1S/Cu.K.2NO3.H/c;;2*2-1(3)4;/q+2;+1;3*-1. The Labute approximate surface area is 109 Å². The Morgan fingerprint density at radius 1 is 0.900 bits per heavy atom. The molecule has 0 unspecified atom stereocenters. The molecule has 0 N–H and O–H groups in total. The molecular weight excluding hydrogens is 227 g/mol. The summed E-state index contributed by atoms with van der Waals surface area (Å²) in [5.41, 5.74) is 0. The summed E-state index contributed by atoms with van der Waals surface area (Å²) in [4.78, 5) is 16.5. The van der Waals surface area contributed by atoms with Gasteiger partial charge in [0.2, 0.25) is 0 Å². The van der Waals surface area contributed by atoms with E-state index in [1.165, 1.54) is 0 Å². The van der Waals surface area contributed by atoms with E-state index in [0.29, 0.717) is 0 Å². The molecule has 0 aliphatic carbocycles. The van der Waals surface area contributed by atoms with E-state index in [9.17, 15) is 0 Å². The van der Waals surface area contributed by atoms with Gasteiger partial charge < -0.3 is 32.1 Å². The van der Waals surface area contributed by atoms with Crippen molar-refractivity contribution in [3.8, 4) is 0 Å². The third kappa shape index (κ3) is 1580. The zero-order valence-electron chi connectivity index (χ0n) is 5.65. The Bertz CT molecular complexity index is 78.6. The first-order valence-electron chi connectivity index (χ1n) is 1.10. The van der Waals surface area contributed by atoms with Gasteiger partial charge in [-0.25, -0.2) is 0 Å². The summed E-state index contributed by atoms with van der Waals surface area (Å²) < 4.78 is 0. The van der Waals surface area contributed by atoms with Crippen LogP contribution in [-0.4, -0.2) is 10.2 Å². The summed E-state index contributed by atoms with van der Waals surface area (Å²) in [6.07, 6.45) is 0. The van der Waals surface area contributed by atoms with Gasteiger partial charge >= 0.3 is 68.5 Å². The van der Waals surface area contributed by atoms with Gasteiger partial charge in [0, 0.05) is 0 Å². The van der Waals surface area contributed by atoms with Crippen molar-refractivity contribution in [2.45, 2.75) is 0 Å². The normalized spacial score (nSPS) is 4.80. The maximum atomic E-state index is 8.25. The molecule has 0 aromatic rings. The van der Waals surface area contributed by atoms with Crippen molar-refractivity contribution in [2.24, 2.45) is 0 Å². The summed E-state index contributed by atoms with van der Waals surface area (Å²) in [6.45, 7) is 0. The van der Waals surface area contributed by atoms with Crippen LogP contribution in [-0.2, 0) is 17.1 Å². The Kier molecular flexibility index (Phi) is 36.5. The average molecular weight is 228 g/mol. The Morgan fingerprint density at radius 3 is 0.900 bits per heavy atom. The maximum Gasteiger partial charge on any atom is 2.00 e. The molecule has 0 aromatic heterocycles. The second kappa shape index (κ2) is 16.3. The van der Waals surface area contributed by atoms with Crippen LogP contribution in [0.5, 0.6) is 0 Å². The van der Waals surface area contributed by atoms with Gasteiger partial charge in [-0.15, -0.1) is 0 Å². The third-order valence-electron chi connectivity index (χ3n) is 0. The van der Waals surface area contributed by atoms with Crippen LogP contribution in [0.3, 0.4) is 0 Å². The van der Waals surface area contributed by atoms with Crippen molar-refractivity contribution in [3.63, 3.8) is 0 Å². The Balaban J connectivity index is -0.0000000171. The SMILES string of the molecule is O=[N+]([O-])[O-].O=[N+]([O-])[O-].[Cu+2].[H-].[K+]. The average Bonchev–Trinajstić information content (AvgIpc) is 1.25. The molecule has 0 bridgehead atoms. The zero-order valence-corrected chi connectivity index (χ0v) is 8.71. The number of hydrogen-bond donors (Lipinski definition) is 0. The molecule has 0 saturated carbocycles. The van der Waals surface area contributed by atoms with E-state index >= 15 is 0 Å². The molecule has 0 heterocycles. The molecule has 0 rings (SSSR count). The summed E-state index contributed by atoms with van der Waals surface area (Å²) in [6, 6.07) is 0. The van der Waals surface area contributed by atoms with E-state index in [1.807, 2.05) is 0 Å². The summed E-state index contributed by atoms with van der Waals surface area (Å²) in [7, 11) is 0. The Morgan fingerprint density at radius 2 is 0.900 bits per heavy atom. The monoisotopic (exact) mass is 227 g/mol. The summed E-state index contributed by atoms with van der Waals surface area (Å²) in [5.74, 6) is 0. The van der Waals surface area contributed by atoms with Gasteiger partial charge in [-0.2, -0.15) is 0 Å². The minimum Gasteiger partial charge on any atom is -1.00 e. The Hall–Kier alpha value is 0.556. The molecule has 10 heteroatoms. The molecule has 8 nitrogen and oxygen atoms in total. The largest absolute Gasteiger partial charge is 2.00 e. The topological polar surface area (TPSA) is 132 Å². The van der Waals surface area contributed by atoms with Crippen molar-refractivity contribution in [1.29, 1.82) is 0 Å². The van der Waals surface area contributed by atoms with Crippen LogP contribution in [0.1, 0.15) is 1.43 Å². The molecule has 0 aliphatic rings. The van der Waals surface area contributed by atoms with E-state index < -0.39 is 10.2 Å². The molecule has 0 atom stereocenters. The first-order chi connectivity index (χ1) is 3.46. The van der Waals surface area contributed by atoms with E-state index in [0.717, 1.165) is 0 Å². The summed E-state index contributed by atoms with van der Waals surface area (Å²) >= 11 is 0. The van der Waals surface area contributed by atoms with Crippen LogP contribution in [0.15, 0.2) is 0 Å². The summed E-state index contributed by atoms with van der Waals surface area (Å²) in [5, 5.41) is 29.5. The predicted octanol–water partition coefficient (Wildman–Crippen LogP) is -3.36. The fourth-order valence-electron chi connectivity index (χ4n) is 0. The molecule has 0 spiro atoms. The third-order valence-corrected chi connectivity index (χ3v) is 0. The molecule has 59 valence electrons. The maximum absolute atomic E-state index is 8.25. The van der Waals surface area contributed by atoms with Gasteiger partial charge in [-0.1, -0.05) is 0 Å². The van der Waals surface area contributed by atoms with E-state index in [4.69, 9.17) is 30.6 Å². The van der Waals surface area contributed by atoms with Crippen molar-refractivity contribution >= 4 is 0 Å². The van der Waals surface area contributed by atoms with Gasteiger partial charge in [0.1, 0.15) is 0 Å². The fraction of sp³-hybridized carbons (Fsp3) is 0. The molecule has 0 saturated heterocycles. The second-order valence-electron chi connectivity index (χ2n) is 0.447. The number of hydrogen-bond acceptors (Lipinski definition) is 6. The van der Waals surface area contributed by atoms with Crippen molar-refractivity contribution in [2.75, 3.05) is 0 Å². The molecule has 0 aromatic carbocycles. The van der Waals surface area contributed by atoms with Gasteiger partial charge in [0.15, 0.2) is 0 Å². The van der Waals surface area contributed by atoms with Crippen molar-refractivity contribution in [1.82, 2.24) is 0 Å². The number of rotatable bonds is 0.